The lowest BCUT2D eigenvalue weighted by atomic mass is 9.94. The first kappa shape index (κ1) is 14.3. The number of amides is 1. The molecule has 90 valence electrons. The lowest BCUT2D eigenvalue weighted by Gasteiger charge is -2.28. The molecule has 1 N–H and O–H groups in total. The van der Waals surface area contributed by atoms with Crippen LogP contribution in [0.15, 0.2) is 0 Å². The largest absolute Gasteiger partial charge is 0.408 e. The summed E-state index contributed by atoms with van der Waals surface area (Å²) in [5.74, 6) is -1.25. The van der Waals surface area contributed by atoms with Crippen molar-refractivity contribution in [1.29, 1.82) is 0 Å². The van der Waals surface area contributed by atoms with Gasteiger partial charge in [0, 0.05) is 5.41 Å². The van der Waals surface area contributed by atoms with E-state index < -0.39 is 29.5 Å². The van der Waals surface area contributed by atoms with Gasteiger partial charge >= 0.3 is 6.18 Å². The smallest absolute Gasteiger partial charge is 0.344 e. The average Bonchev–Trinajstić information content (AvgIpc) is 1.94. The Kier molecular flexibility index (Phi) is 4.19. The van der Waals surface area contributed by atoms with Gasteiger partial charge in [-0.15, -0.1) is 0 Å². The van der Waals surface area contributed by atoms with Crippen molar-refractivity contribution in [3.05, 3.63) is 0 Å². The molecule has 0 saturated carbocycles. The van der Waals surface area contributed by atoms with E-state index in [-0.39, 0.29) is 0 Å². The molecule has 5 heteroatoms. The molecule has 1 atom stereocenters. The highest BCUT2D eigenvalue weighted by Gasteiger charge is 2.43. The summed E-state index contributed by atoms with van der Waals surface area (Å²) < 4.78 is 37.5. The molecule has 0 aromatic rings. The number of carbonyl (C=O) groups is 1. The number of rotatable bonds is 2. The number of hydrogen-bond acceptors (Lipinski definition) is 1. The number of carbonyl (C=O) groups excluding carboxylic acids is 1. The van der Waals surface area contributed by atoms with Gasteiger partial charge in [-0.3, -0.25) is 4.79 Å². The maximum Gasteiger partial charge on any atom is 0.408 e. The van der Waals surface area contributed by atoms with Crippen molar-refractivity contribution in [3.8, 4) is 0 Å². The van der Waals surface area contributed by atoms with Crippen LogP contribution >= 0.6 is 0 Å². The summed E-state index contributed by atoms with van der Waals surface area (Å²) in [5, 5.41) is 2.03. The molecule has 0 aromatic carbocycles. The molecule has 0 aliphatic carbocycles. The number of halogens is 3. The Morgan fingerprint density at radius 1 is 1.13 bits per heavy atom. The summed E-state index contributed by atoms with van der Waals surface area (Å²) in [7, 11) is 0. The van der Waals surface area contributed by atoms with Crippen molar-refractivity contribution in [2.45, 2.75) is 46.8 Å². The van der Waals surface area contributed by atoms with Gasteiger partial charge in [-0.05, 0) is 5.92 Å². The van der Waals surface area contributed by atoms with Gasteiger partial charge in [-0.25, -0.2) is 0 Å². The van der Waals surface area contributed by atoms with E-state index >= 15 is 0 Å². The third kappa shape index (κ3) is 4.53. The normalized spacial score (nSPS) is 15.3. The van der Waals surface area contributed by atoms with Gasteiger partial charge < -0.3 is 5.32 Å². The minimum absolute atomic E-state index is 0.585. The highest BCUT2D eigenvalue weighted by Crippen LogP contribution is 2.26. The van der Waals surface area contributed by atoms with Gasteiger partial charge in [0.05, 0.1) is 0 Å². The Balaban J connectivity index is 4.66. The van der Waals surface area contributed by atoms with Crippen LogP contribution in [0.4, 0.5) is 13.2 Å². The molecule has 0 aliphatic rings. The summed E-state index contributed by atoms with van der Waals surface area (Å²) in [4.78, 5) is 11.4. The molecular weight excluding hydrogens is 207 g/mol. The Morgan fingerprint density at radius 3 is 1.73 bits per heavy atom. The predicted octanol–water partition coefficient (Wildman–Crippen LogP) is 2.74. The van der Waals surface area contributed by atoms with E-state index in [0.29, 0.717) is 0 Å². The lowest BCUT2D eigenvalue weighted by molar-refractivity contribution is -0.171. The fourth-order valence-electron chi connectivity index (χ4n) is 0.984. The van der Waals surface area contributed by atoms with Crippen molar-refractivity contribution in [2.75, 3.05) is 0 Å². The summed E-state index contributed by atoms with van der Waals surface area (Å²) >= 11 is 0. The van der Waals surface area contributed by atoms with Crippen LogP contribution in [0.5, 0.6) is 0 Å². The molecule has 0 saturated heterocycles. The van der Waals surface area contributed by atoms with E-state index in [1.807, 2.05) is 5.32 Å². The molecule has 1 unspecified atom stereocenters. The molecule has 0 rings (SSSR count). The molecule has 0 fully saturated rings. The van der Waals surface area contributed by atoms with Gasteiger partial charge in [-0.1, -0.05) is 34.6 Å². The zero-order valence-electron chi connectivity index (χ0n) is 9.70. The van der Waals surface area contributed by atoms with E-state index in [1.165, 1.54) is 13.8 Å². The molecule has 0 radical (unpaired) electrons. The quantitative estimate of drug-likeness (QED) is 0.769. The Morgan fingerprint density at radius 2 is 1.53 bits per heavy atom. The standard InChI is InChI=1S/C10H18F3NO/c1-6(2)7(10(11,12)13)14-8(15)9(3,4)5/h6-7H,1-5H3,(H,14,15). The van der Waals surface area contributed by atoms with Gasteiger partial charge in [0.25, 0.3) is 0 Å². The predicted molar refractivity (Wildman–Crippen MR) is 52.3 cm³/mol. The second-order valence-corrected chi connectivity index (χ2v) is 4.99. The van der Waals surface area contributed by atoms with Crippen LogP contribution in [0, 0.1) is 11.3 Å². The van der Waals surface area contributed by atoms with E-state index in [1.54, 1.807) is 20.8 Å². The van der Waals surface area contributed by atoms with Crippen LogP contribution in [0.1, 0.15) is 34.6 Å². The maximum absolute atomic E-state index is 12.5. The highest BCUT2D eigenvalue weighted by atomic mass is 19.4. The third-order valence-corrected chi connectivity index (χ3v) is 1.99. The first-order chi connectivity index (χ1) is 6.46. The first-order valence-electron chi connectivity index (χ1n) is 4.84. The summed E-state index contributed by atoms with van der Waals surface area (Å²) in [6.45, 7) is 7.60. The third-order valence-electron chi connectivity index (χ3n) is 1.99. The molecule has 0 aliphatic heterocycles. The molecule has 0 spiro atoms. The maximum atomic E-state index is 12.5. The van der Waals surface area contributed by atoms with Crippen LogP contribution in [0.25, 0.3) is 0 Å². The molecular formula is C10H18F3NO. The van der Waals surface area contributed by atoms with E-state index in [2.05, 4.69) is 0 Å². The van der Waals surface area contributed by atoms with Crippen molar-refractivity contribution in [1.82, 2.24) is 5.32 Å². The monoisotopic (exact) mass is 225 g/mol. The molecule has 15 heavy (non-hydrogen) atoms. The number of nitrogens with one attached hydrogen (secondary N) is 1. The van der Waals surface area contributed by atoms with Crippen molar-refractivity contribution in [2.24, 2.45) is 11.3 Å². The second kappa shape index (κ2) is 4.41. The van der Waals surface area contributed by atoms with E-state index in [0.717, 1.165) is 0 Å². The highest BCUT2D eigenvalue weighted by molar-refractivity contribution is 5.81. The Labute approximate surface area is 88.2 Å². The fourth-order valence-corrected chi connectivity index (χ4v) is 0.984. The molecule has 2 nitrogen and oxygen atoms in total. The molecule has 0 heterocycles. The van der Waals surface area contributed by atoms with Crippen molar-refractivity contribution in [3.63, 3.8) is 0 Å². The lowest BCUT2D eigenvalue weighted by Crippen LogP contribution is -2.51. The molecule has 0 bridgehead atoms. The first-order valence-corrected chi connectivity index (χ1v) is 4.84. The molecule has 0 aromatic heterocycles. The van der Waals surface area contributed by atoms with Gasteiger partial charge in [-0.2, -0.15) is 13.2 Å². The van der Waals surface area contributed by atoms with Crippen LogP contribution in [-0.4, -0.2) is 18.1 Å². The Bertz CT molecular complexity index is 228. The fraction of sp³-hybridized carbons (Fsp3) is 0.900. The summed E-state index contributed by atoms with van der Waals surface area (Å²) in [6.07, 6.45) is -4.39. The van der Waals surface area contributed by atoms with Crippen LogP contribution < -0.4 is 5.32 Å². The van der Waals surface area contributed by atoms with E-state index in [4.69, 9.17) is 0 Å². The van der Waals surface area contributed by atoms with Gasteiger partial charge in [0.15, 0.2) is 0 Å². The number of hydrogen-bond donors (Lipinski definition) is 1. The topological polar surface area (TPSA) is 29.1 Å². The number of alkyl halides is 3. The van der Waals surface area contributed by atoms with Gasteiger partial charge in [0.1, 0.15) is 6.04 Å². The SMILES string of the molecule is CC(C)C(NC(=O)C(C)(C)C)C(F)(F)F. The summed E-state index contributed by atoms with van der Waals surface area (Å²) in [6, 6.07) is -1.77. The van der Waals surface area contributed by atoms with Crippen molar-refractivity contribution < 1.29 is 18.0 Å². The van der Waals surface area contributed by atoms with E-state index in [9.17, 15) is 18.0 Å². The zero-order valence-corrected chi connectivity index (χ0v) is 9.70. The van der Waals surface area contributed by atoms with Crippen LogP contribution in [0.3, 0.4) is 0 Å². The minimum Gasteiger partial charge on any atom is -0.344 e. The van der Waals surface area contributed by atoms with Gasteiger partial charge in [0.2, 0.25) is 5.91 Å². The van der Waals surface area contributed by atoms with Crippen LogP contribution in [-0.2, 0) is 4.79 Å². The Hall–Kier alpha value is -0.740. The molecule has 1 amide bonds. The minimum atomic E-state index is -4.39. The zero-order chi connectivity index (χ0) is 12.4. The van der Waals surface area contributed by atoms with Crippen LogP contribution in [0.2, 0.25) is 0 Å². The average molecular weight is 225 g/mol. The summed E-state index contributed by atoms with van der Waals surface area (Å²) in [5.41, 5.74) is -0.807. The second-order valence-electron chi connectivity index (χ2n) is 4.99. The van der Waals surface area contributed by atoms with Crippen molar-refractivity contribution >= 4 is 5.91 Å².